The molecule has 1 aromatic heterocycles. The maximum Gasteiger partial charge on any atom is 0.105 e. The Morgan fingerprint density at radius 2 is 1.94 bits per heavy atom. The lowest BCUT2D eigenvalue weighted by molar-refractivity contribution is -0.0922. The first-order valence-corrected chi connectivity index (χ1v) is 12.6. The molecule has 0 saturated heterocycles. The number of aromatic amines is 1. The van der Waals surface area contributed by atoms with Gasteiger partial charge >= 0.3 is 0 Å². The van der Waals surface area contributed by atoms with E-state index in [2.05, 4.69) is 41.2 Å². The van der Waals surface area contributed by atoms with E-state index in [4.69, 9.17) is 0 Å². The van der Waals surface area contributed by atoms with Crippen molar-refractivity contribution in [1.82, 2.24) is 14.9 Å². The zero-order valence-corrected chi connectivity index (χ0v) is 20.6. The lowest BCUT2D eigenvalue weighted by Crippen LogP contribution is -2.58. The van der Waals surface area contributed by atoms with Crippen LogP contribution in [-0.2, 0) is 0 Å². The van der Waals surface area contributed by atoms with Crippen LogP contribution in [-0.4, -0.2) is 79.3 Å². The van der Waals surface area contributed by atoms with Crippen molar-refractivity contribution in [3.05, 3.63) is 59.0 Å². The molecule has 4 aliphatic rings. The number of hydrogen-bond acceptors (Lipinski definition) is 6. The molecule has 35 heavy (non-hydrogen) atoms. The van der Waals surface area contributed by atoms with Crippen molar-refractivity contribution >= 4 is 16.6 Å². The molecule has 1 aromatic carbocycles. The van der Waals surface area contributed by atoms with Crippen LogP contribution < -0.4 is 0 Å². The number of benzene rings is 1. The molecule has 7 atom stereocenters. The highest BCUT2D eigenvalue weighted by molar-refractivity contribution is 5.83. The summed E-state index contributed by atoms with van der Waals surface area (Å²) in [5.41, 5.74) is 5.33. The van der Waals surface area contributed by atoms with Gasteiger partial charge < -0.3 is 30.3 Å². The number of nitrogens with one attached hydrogen (secondary N) is 1. The molecule has 1 saturated carbocycles. The summed E-state index contributed by atoms with van der Waals surface area (Å²) in [6, 6.07) is 5.96. The van der Waals surface area contributed by atoms with Crippen molar-refractivity contribution < 1.29 is 20.4 Å². The summed E-state index contributed by atoms with van der Waals surface area (Å²) in [6.07, 6.45) is 5.92. The van der Waals surface area contributed by atoms with E-state index in [9.17, 15) is 20.4 Å². The fourth-order valence-corrected chi connectivity index (χ4v) is 7.39. The standard InChI is InChI=1S/C28H35N3O4/c1-27-13-24(32)17-11-20-25(33)26(34)23(31(2)3)12-28(20,35)9-8-16(17)19(27)6-5-18(27)15-4-7-21-22(10-15)30-14-29-21/h4-5,7,10-11,14,19,23-26,32-35H,6,8-9,12-13H2,1-3H3,(H,29,30)/t19?,23-,24?,25+,26+,27+,28+/m0/s1. The molecule has 0 radical (unpaired) electrons. The van der Waals surface area contributed by atoms with Crippen molar-refractivity contribution in [2.45, 2.75) is 69.0 Å². The summed E-state index contributed by atoms with van der Waals surface area (Å²) in [7, 11) is 3.72. The number of aromatic nitrogens is 2. The number of likely N-dealkylation sites (N-methyl/N-ethyl adjacent to an activating group) is 1. The highest BCUT2D eigenvalue weighted by Gasteiger charge is 2.53. The fourth-order valence-electron chi connectivity index (χ4n) is 7.39. The van der Waals surface area contributed by atoms with Gasteiger partial charge in [0.1, 0.15) is 6.10 Å². The molecule has 4 aliphatic carbocycles. The number of allylic oxidation sites excluding steroid dienone is 3. The van der Waals surface area contributed by atoms with Crippen LogP contribution in [0.15, 0.2) is 53.4 Å². The Balaban J connectivity index is 1.38. The summed E-state index contributed by atoms with van der Waals surface area (Å²) in [6.45, 7) is 2.25. The summed E-state index contributed by atoms with van der Waals surface area (Å²) < 4.78 is 0. The molecule has 0 amide bonds. The minimum Gasteiger partial charge on any atom is -0.388 e. The Kier molecular flexibility index (Phi) is 5.19. The Bertz CT molecular complexity index is 1280. The molecule has 1 fully saturated rings. The second kappa shape index (κ2) is 7.85. The molecule has 7 heteroatoms. The molecular weight excluding hydrogens is 442 g/mol. The average Bonchev–Trinajstić information content (AvgIpc) is 3.37. The van der Waals surface area contributed by atoms with E-state index in [1.54, 1.807) is 6.33 Å². The van der Waals surface area contributed by atoms with Gasteiger partial charge in [-0.3, -0.25) is 0 Å². The molecule has 1 heterocycles. The minimum atomic E-state index is -1.21. The first kappa shape index (κ1) is 23.1. The number of hydrogen-bond donors (Lipinski definition) is 5. The number of H-pyrrole nitrogens is 1. The van der Waals surface area contributed by atoms with Gasteiger partial charge in [0.2, 0.25) is 0 Å². The molecule has 2 unspecified atom stereocenters. The number of imidazole rings is 1. The van der Waals surface area contributed by atoms with E-state index < -0.39 is 23.9 Å². The van der Waals surface area contributed by atoms with Crippen molar-refractivity contribution in [3.63, 3.8) is 0 Å². The van der Waals surface area contributed by atoms with E-state index in [1.165, 1.54) is 11.1 Å². The van der Waals surface area contributed by atoms with Crippen molar-refractivity contribution in [3.8, 4) is 0 Å². The van der Waals surface area contributed by atoms with Crippen LogP contribution in [0.4, 0.5) is 0 Å². The second-order valence-electron chi connectivity index (χ2n) is 11.5. The van der Waals surface area contributed by atoms with Crippen LogP contribution in [0.25, 0.3) is 16.6 Å². The van der Waals surface area contributed by atoms with Crippen molar-refractivity contribution in [2.24, 2.45) is 11.3 Å². The molecule has 0 bridgehead atoms. The third-order valence-electron chi connectivity index (χ3n) is 9.35. The number of nitrogens with zero attached hydrogens (tertiary/aromatic N) is 2. The second-order valence-corrected chi connectivity index (χ2v) is 11.5. The Morgan fingerprint density at radius 3 is 2.71 bits per heavy atom. The van der Waals surface area contributed by atoms with Gasteiger partial charge in [-0.15, -0.1) is 0 Å². The van der Waals surface area contributed by atoms with Gasteiger partial charge in [-0.1, -0.05) is 30.7 Å². The van der Waals surface area contributed by atoms with Gasteiger partial charge in [0, 0.05) is 11.5 Å². The van der Waals surface area contributed by atoms with Crippen LogP contribution in [0, 0.1) is 11.3 Å². The third kappa shape index (κ3) is 3.33. The Labute approximate surface area is 205 Å². The van der Waals surface area contributed by atoms with E-state index in [1.807, 2.05) is 25.1 Å². The number of fused-ring (bicyclic) bond motifs is 4. The van der Waals surface area contributed by atoms with Gasteiger partial charge in [-0.05, 0) is 86.5 Å². The zero-order valence-electron chi connectivity index (χ0n) is 20.6. The Morgan fingerprint density at radius 1 is 1.14 bits per heavy atom. The predicted molar refractivity (Wildman–Crippen MR) is 134 cm³/mol. The fraction of sp³-hybridized carbons (Fsp3) is 0.536. The average molecular weight is 478 g/mol. The van der Waals surface area contributed by atoms with Gasteiger partial charge in [-0.25, -0.2) is 4.98 Å². The molecule has 0 spiro atoms. The van der Waals surface area contributed by atoms with Crippen LogP contribution in [0.5, 0.6) is 0 Å². The van der Waals surface area contributed by atoms with Crippen molar-refractivity contribution in [1.29, 1.82) is 0 Å². The molecule has 2 aromatic rings. The van der Waals surface area contributed by atoms with Crippen molar-refractivity contribution in [2.75, 3.05) is 14.1 Å². The molecule has 7 nitrogen and oxygen atoms in total. The largest absolute Gasteiger partial charge is 0.388 e. The van der Waals surface area contributed by atoms with Crippen LogP contribution >= 0.6 is 0 Å². The van der Waals surface area contributed by atoms with E-state index in [0.717, 1.165) is 28.6 Å². The first-order valence-electron chi connectivity index (χ1n) is 12.6. The SMILES string of the molecule is CN(C)[C@H]1C[C@]2(O)CCC3=C(C=C2[C@@H](O)[C@@H]1O)C(O)C[C@]1(C)C(c2ccc4[nH]cnc4c2)=CCC31. The van der Waals surface area contributed by atoms with E-state index in [-0.39, 0.29) is 17.4 Å². The smallest absolute Gasteiger partial charge is 0.105 e. The van der Waals surface area contributed by atoms with E-state index in [0.29, 0.717) is 31.3 Å². The normalized spacial score (nSPS) is 39.1. The third-order valence-corrected chi connectivity index (χ3v) is 9.35. The predicted octanol–water partition coefficient (Wildman–Crippen LogP) is 2.54. The first-order chi connectivity index (χ1) is 16.6. The lowest BCUT2D eigenvalue weighted by atomic mass is 9.61. The number of aliphatic hydroxyl groups excluding tert-OH is 3. The lowest BCUT2D eigenvalue weighted by Gasteiger charge is -2.46. The molecule has 186 valence electrons. The Hall–Kier alpha value is -2.29. The topological polar surface area (TPSA) is 113 Å². The molecular formula is C28H35N3O4. The highest BCUT2D eigenvalue weighted by atomic mass is 16.3. The van der Waals surface area contributed by atoms with Crippen LogP contribution in [0.3, 0.4) is 0 Å². The molecule has 6 rings (SSSR count). The van der Waals surface area contributed by atoms with E-state index >= 15 is 0 Å². The highest BCUT2D eigenvalue weighted by Crippen LogP contribution is 2.60. The number of rotatable bonds is 2. The molecule has 0 aliphatic heterocycles. The van der Waals surface area contributed by atoms with Gasteiger partial charge in [0.25, 0.3) is 0 Å². The maximum atomic E-state index is 11.7. The summed E-state index contributed by atoms with van der Waals surface area (Å²) in [5, 5.41) is 45.0. The summed E-state index contributed by atoms with van der Waals surface area (Å²) in [5.74, 6) is 0.220. The van der Waals surface area contributed by atoms with Crippen LogP contribution in [0.2, 0.25) is 0 Å². The summed E-state index contributed by atoms with van der Waals surface area (Å²) in [4.78, 5) is 9.45. The van der Waals surface area contributed by atoms with Gasteiger partial charge in [0.15, 0.2) is 0 Å². The van der Waals surface area contributed by atoms with Crippen LogP contribution in [0.1, 0.15) is 44.6 Å². The monoisotopic (exact) mass is 477 g/mol. The molecule has 5 N–H and O–H groups in total. The minimum absolute atomic E-state index is 0.220. The summed E-state index contributed by atoms with van der Waals surface area (Å²) >= 11 is 0. The van der Waals surface area contributed by atoms with Gasteiger partial charge in [-0.2, -0.15) is 0 Å². The maximum absolute atomic E-state index is 11.7. The number of aliphatic hydroxyl groups is 4. The zero-order chi connectivity index (χ0) is 24.7. The van der Waals surface area contributed by atoms with Gasteiger partial charge in [0.05, 0.1) is 35.2 Å². The quantitative estimate of drug-likeness (QED) is 0.454.